The van der Waals surface area contributed by atoms with Crippen LogP contribution in [0.1, 0.15) is 30.3 Å². The van der Waals surface area contributed by atoms with E-state index in [4.69, 9.17) is 9.15 Å². The molecule has 0 aliphatic heterocycles. The molecule has 1 aliphatic rings. The minimum atomic E-state index is -0.894. The lowest BCUT2D eigenvalue weighted by molar-refractivity contribution is -0.124. The monoisotopic (exact) mass is 383 g/mol. The summed E-state index contributed by atoms with van der Waals surface area (Å²) in [5.74, 6) is 1.79. The van der Waals surface area contributed by atoms with E-state index in [9.17, 15) is 9.90 Å². The molecule has 2 heterocycles. The Balaban J connectivity index is 1.42. The number of benzene rings is 1. The van der Waals surface area contributed by atoms with Crippen molar-refractivity contribution in [3.05, 3.63) is 64.5 Å². The molecule has 0 saturated heterocycles. The number of aliphatic hydroxyl groups is 1. The molecule has 4 rings (SSSR count). The second-order valence-electron chi connectivity index (χ2n) is 6.72. The fraction of sp³-hybridized carbons (Fsp3) is 0.286. The van der Waals surface area contributed by atoms with Crippen LogP contribution in [0.2, 0.25) is 0 Å². The largest absolute Gasteiger partial charge is 0.496 e. The zero-order chi connectivity index (χ0) is 18.9. The number of para-hydroxylation sites is 1. The summed E-state index contributed by atoms with van der Waals surface area (Å²) in [6.45, 7) is 0.103. The van der Waals surface area contributed by atoms with Gasteiger partial charge >= 0.3 is 0 Å². The molecule has 1 amide bonds. The average Bonchev–Trinajstić information content (AvgIpc) is 3.10. The molecule has 2 N–H and O–H groups in total. The Bertz CT molecular complexity index is 927. The third kappa shape index (κ3) is 3.38. The van der Waals surface area contributed by atoms with Gasteiger partial charge in [-0.1, -0.05) is 18.2 Å². The van der Waals surface area contributed by atoms with Crippen LogP contribution in [0.25, 0.3) is 11.3 Å². The van der Waals surface area contributed by atoms with E-state index in [1.807, 2.05) is 47.2 Å². The summed E-state index contributed by atoms with van der Waals surface area (Å²) in [6.07, 6.45) is 0.659. The van der Waals surface area contributed by atoms with Gasteiger partial charge in [0.25, 0.3) is 0 Å². The van der Waals surface area contributed by atoms with Crippen molar-refractivity contribution in [2.75, 3.05) is 13.7 Å². The van der Waals surface area contributed by atoms with Gasteiger partial charge in [0.05, 0.1) is 19.1 Å². The van der Waals surface area contributed by atoms with Gasteiger partial charge in [-0.2, -0.15) is 11.3 Å². The summed E-state index contributed by atoms with van der Waals surface area (Å²) in [7, 11) is 1.61. The van der Waals surface area contributed by atoms with Crippen molar-refractivity contribution in [3.63, 3.8) is 0 Å². The summed E-state index contributed by atoms with van der Waals surface area (Å²) in [4.78, 5) is 12.8. The van der Waals surface area contributed by atoms with Gasteiger partial charge in [0.15, 0.2) is 0 Å². The second-order valence-corrected chi connectivity index (χ2v) is 7.50. The van der Waals surface area contributed by atoms with Crippen LogP contribution >= 0.6 is 11.3 Å². The van der Waals surface area contributed by atoms with Crippen molar-refractivity contribution >= 4 is 17.2 Å². The van der Waals surface area contributed by atoms with Crippen LogP contribution in [0, 0.1) is 0 Å². The Kier molecular flexibility index (Phi) is 4.76. The number of ether oxygens (including phenoxy) is 1. The molecule has 3 aromatic rings. The normalized spacial score (nSPS) is 15.9. The Morgan fingerprint density at radius 3 is 2.81 bits per heavy atom. The number of carbonyl (C=O) groups is 1. The van der Waals surface area contributed by atoms with Gasteiger partial charge in [0, 0.05) is 16.5 Å². The summed E-state index contributed by atoms with van der Waals surface area (Å²) in [5.41, 5.74) is 1.32. The zero-order valence-corrected chi connectivity index (χ0v) is 15.8. The Hall–Kier alpha value is -2.57. The van der Waals surface area contributed by atoms with Gasteiger partial charge in [-0.15, -0.1) is 0 Å². The fourth-order valence-electron chi connectivity index (χ4n) is 3.33. The highest BCUT2D eigenvalue weighted by Gasteiger charge is 2.52. The maximum Gasteiger partial charge on any atom is 0.230 e. The first kappa shape index (κ1) is 17.8. The number of hydrogen-bond acceptors (Lipinski definition) is 5. The molecular formula is C21H21NO4S. The van der Waals surface area contributed by atoms with Gasteiger partial charge in [-0.3, -0.25) is 4.79 Å². The molecule has 6 heteroatoms. The third-order valence-corrected chi connectivity index (χ3v) is 5.71. The van der Waals surface area contributed by atoms with Crippen molar-refractivity contribution in [2.45, 2.75) is 24.4 Å². The second kappa shape index (κ2) is 7.21. The molecule has 0 bridgehead atoms. The molecule has 1 aromatic carbocycles. The van der Waals surface area contributed by atoms with Crippen molar-refractivity contribution < 1.29 is 19.1 Å². The van der Waals surface area contributed by atoms with Crippen LogP contribution in [0.4, 0.5) is 0 Å². The van der Waals surface area contributed by atoms with E-state index in [2.05, 4.69) is 5.32 Å². The number of thiophene rings is 1. The highest BCUT2D eigenvalue weighted by molar-refractivity contribution is 7.08. The lowest BCUT2D eigenvalue weighted by atomic mass is 9.94. The van der Waals surface area contributed by atoms with Gasteiger partial charge < -0.3 is 19.6 Å². The van der Waals surface area contributed by atoms with Crippen molar-refractivity contribution in [1.82, 2.24) is 5.32 Å². The number of nitrogens with one attached hydrogen (secondary N) is 1. The molecule has 27 heavy (non-hydrogen) atoms. The highest BCUT2D eigenvalue weighted by atomic mass is 32.1. The smallest absolute Gasteiger partial charge is 0.230 e. The Labute approximate surface area is 161 Å². The topological polar surface area (TPSA) is 71.7 Å². The molecule has 0 spiro atoms. The van der Waals surface area contributed by atoms with Crippen LogP contribution in [-0.2, 0) is 10.2 Å². The van der Waals surface area contributed by atoms with Crippen molar-refractivity contribution in [3.8, 4) is 17.1 Å². The Morgan fingerprint density at radius 1 is 1.30 bits per heavy atom. The summed E-state index contributed by atoms with van der Waals surface area (Å²) < 4.78 is 11.1. The minimum absolute atomic E-state index is 0.0873. The number of rotatable bonds is 7. The first-order valence-electron chi connectivity index (χ1n) is 8.86. The van der Waals surface area contributed by atoms with E-state index < -0.39 is 11.5 Å². The lowest BCUT2D eigenvalue weighted by Gasteiger charge is -2.19. The molecule has 1 aliphatic carbocycles. The molecule has 0 radical (unpaired) electrons. The summed E-state index contributed by atoms with van der Waals surface area (Å²) in [6, 6.07) is 13.1. The Morgan fingerprint density at radius 2 is 2.11 bits per heavy atom. The standard InChI is InChI=1S/C21H21NO4S/c1-25-18-5-3-2-4-15(18)21(9-10-21)20(24)22-12-16(23)19-7-6-17(26-19)14-8-11-27-13-14/h2-8,11,13,16,23H,9-10,12H2,1H3,(H,22,24)/t16-/m0/s1. The number of carbonyl (C=O) groups excluding carboxylic acids is 1. The fourth-order valence-corrected chi connectivity index (χ4v) is 3.98. The van der Waals surface area contributed by atoms with E-state index in [0.29, 0.717) is 11.5 Å². The summed E-state index contributed by atoms with van der Waals surface area (Å²) >= 11 is 1.59. The van der Waals surface area contributed by atoms with Gasteiger partial charge in [0.1, 0.15) is 23.4 Å². The minimum Gasteiger partial charge on any atom is -0.496 e. The average molecular weight is 383 g/mol. The molecule has 1 saturated carbocycles. The molecule has 140 valence electrons. The SMILES string of the molecule is COc1ccccc1C1(C(=O)NC[C@H](O)c2ccc(-c3ccsc3)o2)CC1. The van der Waals surface area contributed by atoms with E-state index in [0.717, 1.165) is 29.7 Å². The molecule has 1 atom stereocenters. The predicted molar refractivity (Wildman–Crippen MR) is 104 cm³/mol. The number of furan rings is 1. The van der Waals surface area contributed by atoms with Gasteiger partial charge in [-0.05, 0) is 42.5 Å². The van der Waals surface area contributed by atoms with Gasteiger partial charge in [0.2, 0.25) is 5.91 Å². The zero-order valence-electron chi connectivity index (χ0n) is 15.0. The van der Waals surface area contributed by atoms with Crippen LogP contribution in [0.3, 0.4) is 0 Å². The number of hydrogen-bond donors (Lipinski definition) is 2. The molecule has 2 aromatic heterocycles. The van der Waals surface area contributed by atoms with E-state index in [1.165, 1.54) is 0 Å². The first-order valence-corrected chi connectivity index (χ1v) is 9.80. The van der Waals surface area contributed by atoms with Crippen LogP contribution in [0.15, 0.2) is 57.6 Å². The molecule has 5 nitrogen and oxygen atoms in total. The van der Waals surface area contributed by atoms with Crippen molar-refractivity contribution in [2.24, 2.45) is 0 Å². The van der Waals surface area contributed by atoms with Crippen LogP contribution in [-0.4, -0.2) is 24.7 Å². The third-order valence-electron chi connectivity index (χ3n) is 5.02. The van der Waals surface area contributed by atoms with E-state index in [-0.39, 0.29) is 12.5 Å². The van der Waals surface area contributed by atoms with Crippen LogP contribution < -0.4 is 10.1 Å². The van der Waals surface area contributed by atoms with E-state index >= 15 is 0 Å². The highest BCUT2D eigenvalue weighted by Crippen LogP contribution is 2.51. The lowest BCUT2D eigenvalue weighted by Crippen LogP contribution is -2.37. The summed E-state index contributed by atoms with van der Waals surface area (Å²) in [5, 5.41) is 17.2. The number of amides is 1. The van der Waals surface area contributed by atoms with Crippen LogP contribution in [0.5, 0.6) is 5.75 Å². The predicted octanol–water partition coefficient (Wildman–Crippen LogP) is 3.90. The van der Waals surface area contributed by atoms with E-state index in [1.54, 1.807) is 24.5 Å². The number of aliphatic hydroxyl groups excluding tert-OH is 1. The first-order chi connectivity index (χ1) is 13.1. The molecule has 0 unspecified atom stereocenters. The maximum atomic E-state index is 12.8. The quantitative estimate of drug-likeness (QED) is 0.649. The molecule has 1 fully saturated rings. The maximum absolute atomic E-state index is 12.8. The van der Waals surface area contributed by atoms with Gasteiger partial charge in [-0.25, -0.2) is 0 Å². The van der Waals surface area contributed by atoms with Crippen molar-refractivity contribution in [1.29, 1.82) is 0 Å². The molecular weight excluding hydrogens is 362 g/mol. The number of methoxy groups -OCH3 is 1.